The van der Waals surface area contributed by atoms with E-state index in [0.717, 1.165) is 11.1 Å². The number of ether oxygens (including phenoxy) is 4. The van der Waals surface area contributed by atoms with Gasteiger partial charge in [-0.15, -0.1) is 0 Å². The van der Waals surface area contributed by atoms with E-state index in [1.807, 2.05) is 54.6 Å². The normalized spacial score (nSPS) is 11.8. The molecule has 1 amide bonds. The molecule has 0 aromatic heterocycles. The third kappa shape index (κ3) is 6.12. The first kappa shape index (κ1) is 23.6. The number of esters is 1. The molecule has 0 unspecified atom stereocenters. The molecule has 0 bridgehead atoms. The summed E-state index contributed by atoms with van der Waals surface area (Å²) < 4.78 is 21.5. The molecule has 184 valence electrons. The third-order valence-electron chi connectivity index (χ3n) is 5.43. The van der Waals surface area contributed by atoms with Gasteiger partial charge in [0.05, 0.1) is 11.8 Å². The van der Waals surface area contributed by atoms with Crippen molar-refractivity contribution < 1.29 is 28.5 Å². The van der Waals surface area contributed by atoms with Crippen molar-refractivity contribution in [2.45, 2.75) is 0 Å². The van der Waals surface area contributed by atoms with Crippen molar-refractivity contribution in [3.63, 3.8) is 0 Å². The minimum atomic E-state index is -0.512. The van der Waals surface area contributed by atoms with Crippen LogP contribution in [0, 0.1) is 0 Å². The van der Waals surface area contributed by atoms with E-state index in [2.05, 4.69) is 10.5 Å². The number of hydrogen-bond donors (Lipinski definition) is 1. The molecular weight excluding hydrogens is 472 g/mol. The summed E-state index contributed by atoms with van der Waals surface area (Å²) in [6, 6.07) is 29.1. The Morgan fingerprint density at radius 1 is 0.811 bits per heavy atom. The molecule has 1 N–H and O–H groups in total. The van der Waals surface area contributed by atoms with Crippen molar-refractivity contribution >= 4 is 18.1 Å². The van der Waals surface area contributed by atoms with Gasteiger partial charge in [-0.2, -0.15) is 5.10 Å². The molecule has 1 aliphatic heterocycles. The lowest BCUT2D eigenvalue weighted by Crippen LogP contribution is -2.24. The number of nitrogens with zero attached hydrogens (tertiary/aromatic N) is 1. The largest absolute Gasteiger partial charge is 0.484 e. The van der Waals surface area contributed by atoms with Gasteiger partial charge in [0.1, 0.15) is 11.5 Å². The lowest BCUT2D eigenvalue weighted by atomic mass is 10.1. The van der Waals surface area contributed by atoms with Gasteiger partial charge in [0.15, 0.2) is 18.1 Å². The molecule has 0 saturated heterocycles. The Morgan fingerprint density at radius 3 is 2.30 bits per heavy atom. The Bertz CT molecular complexity index is 1420. The van der Waals surface area contributed by atoms with E-state index in [1.165, 1.54) is 6.21 Å². The van der Waals surface area contributed by atoms with E-state index < -0.39 is 11.9 Å². The average molecular weight is 495 g/mol. The van der Waals surface area contributed by atoms with Crippen molar-refractivity contribution in [3.05, 3.63) is 108 Å². The number of hydrogen-bond acceptors (Lipinski definition) is 7. The summed E-state index contributed by atoms with van der Waals surface area (Å²) in [5.41, 5.74) is 5.66. The maximum Gasteiger partial charge on any atom is 0.343 e. The molecule has 5 rings (SSSR count). The molecule has 0 aliphatic carbocycles. The van der Waals surface area contributed by atoms with Crippen LogP contribution in [0.4, 0.5) is 0 Å². The van der Waals surface area contributed by atoms with E-state index >= 15 is 0 Å². The van der Waals surface area contributed by atoms with Crippen molar-refractivity contribution in [2.75, 3.05) is 13.4 Å². The van der Waals surface area contributed by atoms with E-state index in [4.69, 9.17) is 18.9 Å². The first-order valence-electron chi connectivity index (χ1n) is 11.5. The highest BCUT2D eigenvalue weighted by Crippen LogP contribution is 2.32. The van der Waals surface area contributed by atoms with Crippen LogP contribution in [-0.2, 0) is 4.79 Å². The smallest absolute Gasteiger partial charge is 0.343 e. The summed E-state index contributed by atoms with van der Waals surface area (Å²) in [4.78, 5) is 24.4. The number of fused-ring (bicyclic) bond motifs is 1. The molecule has 0 radical (unpaired) electrons. The molecule has 0 atom stereocenters. The van der Waals surface area contributed by atoms with Crippen molar-refractivity contribution in [3.8, 4) is 34.1 Å². The van der Waals surface area contributed by atoms with Crippen LogP contribution >= 0.6 is 0 Å². The molecule has 0 fully saturated rings. The zero-order valence-corrected chi connectivity index (χ0v) is 19.6. The third-order valence-corrected chi connectivity index (χ3v) is 5.43. The summed E-state index contributed by atoms with van der Waals surface area (Å²) >= 11 is 0. The van der Waals surface area contributed by atoms with Crippen molar-refractivity contribution in [1.82, 2.24) is 5.43 Å². The second-order valence-corrected chi connectivity index (χ2v) is 8.00. The van der Waals surface area contributed by atoms with Gasteiger partial charge in [-0.3, -0.25) is 4.79 Å². The van der Waals surface area contributed by atoms with Crippen LogP contribution in [0.3, 0.4) is 0 Å². The van der Waals surface area contributed by atoms with Gasteiger partial charge < -0.3 is 18.9 Å². The fourth-order valence-electron chi connectivity index (χ4n) is 3.55. The summed E-state index contributed by atoms with van der Waals surface area (Å²) in [5, 5.41) is 3.94. The van der Waals surface area contributed by atoms with E-state index in [9.17, 15) is 9.59 Å². The molecular formula is C29H22N2O6. The lowest BCUT2D eigenvalue weighted by Gasteiger charge is -2.07. The second kappa shape index (κ2) is 11.1. The maximum atomic E-state index is 12.4. The van der Waals surface area contributed by atoms with Gasteiger partial charge in [-0.1, -0.05) is 42.5 Å². The molecule has 37 heavy (non-hydrogen) atoms. The quantitative estimate of drug-likeness (QED) is 0.163. The van der Waals surface area contributed by atoms with E-state index in [-0.39, 0.29) is 13.4 Å². The monoisotopic (exact) mass is 494 g/mol. The SMILES string of the molecule is O=C(COc1ccc(-c2ccccc2)cc1)N/N=C/c1ccc(OC(=O)c2ccc3c(c2)OCO3)cc1. The minimum absolute atomic E-state index is 0.132. The van der Waals surface area contributed by atoms with E-state index in [1.54, 1.807) is 42.5 Å². The topological polar surface area (TPSA) is 95.5 Å². The second-order valence-electron chi connectivity index (χ2n) is 8.00. The number of hydrazone groups is 1. The Hall–Kier alpha value is -5.11. The van der Waals surface area contributed by atoms with Crippen LogP contribution in [-0.4, -0.2) is 31.5 Å². The highest BCUT2D eigenvalue weighted by atomic mass is 16.7. The number of carbonyl (C=O) groups excluding carboxylic acids is 2. The Morgan fingerprint density at radius 2 is 1.51 bits per heavy atom. The predicted molar refractivity (Wildman–Crippen MR) is 137 cm³/mol. The van der Waals surface area contributed by atoms with Crippen LogP contribution in [0.25, 0.3) is 11.1 Å². The molecule has 8 heteroatoms. The first-order valence-corrected chi connectivity index (χ1v) is 11.5. The zero-order chi connectivity index (χ0) is 25.5. The molecule has 4 aromatic rings. The lowest BCUT2D eigenvalue weighted by molar-refractivity contribution is -0.123. The zero-order valence-electron chi connectivity index (χ0n) is 19.6. The van der Waals surface area contributed by atoms with Crippen molar-refractivity contribution in [2.24, 2.45) is 5.10 Å². The van der Waals surface area contributed by atoms with E-state index in [0.29, 0.717) is 34.1 Å². The summed E-state index contributed by atoms with van der Waals surface area (Å²) in [6.45, 7) is -0.0376. The van der Waals surface area contributed by atoms with Crippen LogP contribution in [0.1, 0.15) is 15.9 Å². The van der Waals surface area contributed by atoms with Gasteiger partial charge in [0.2, 0.25) is 6.79 Å². The maximum absolute atomic E-state index is 12.4. The van der Waals surface area contributed by atoms with Crippen LogP contribution < -0.4 is 24.4 Å². The Balaban J connectivity index is 1.07. The predicted octanol–water partition coefficient (Wildman–Crippen LogP) is 4.83. The van der Waals surface area contributed by atoms with Gasteiger partial charge >= 0.3 is 5.97 Å². The number of carbonyl (C=O) groups is 2. The van der Waals surface area contributed by atoms with Crippen molar-refractivity contribution in [1.29, 1.82) is 0 Å². The Labute approximate surface area is 213 Å². The number of amides is 1. The van der Waals surface area contributed by atoms with Gasteiger partial charge in [-0.25, -0.2) is 10.2 Å². The highest BCUT2D eigenvalue weighted by Gasteiger charge is 2.17. The minimum Gasteiger partial charge on any atom is -0.484 e. The number of nitrogens with one attached hydrogen (secondary N) is 1. The summed E-state index contributed by atoms with van der Waals surface area (Å²) in [7, 11) is 0. The molecule has 0 saturated carbocycles. The number of benzene rings is 4. The van der Waals surface area contributed by atoms with Crippen LogP contribution in [0.2, 0.25) is 0 Å². The van der Waals surface area contributed by atoms with Crippen LogP contribution in [0.5, 0.6) is 23.0 Å². The van der Waals surface area contributed by atoms with Gasteiger partial charge in [0.25, 0.3) is 5.91 Å². The molecule has 8 nitrogen and oxygen atoms in total. The summed E-state index contributed by atoms with van der Waals surface area (Å²) in [6.07, 6.45) is 1.48. The fraction of sp³-hybridized carbons (Fsp3) is 0.0690. The fourth-order valence-corrected chi connectivity index (χ4v) is 3.55. The molecule has 1 heterocycles. The highest BCUT2D eigenvalue weighted by molar-refractivity contribution is 5.92. The average Bonchev–Trinajstić information content (AvgIpc) is 3.42. The molecule has 0 spiro atoms. The van der Waals surface area contributed by atoms with Gasteiger partial charge in [-0.05, 0) is 71.3 Å². The molecule has 1 aliphatic rings. The molecule has 4 aromatic carbocycles. The number of rotatable bonds is 8. The summed E-state index contributed by atoms with van der Waals surface area (Å²) in [5.74, 6) is 1.16. The first-order chi connectivity index (χ1) is 18.1. The van der Waals surface area contributed by atoms with Crippen LogP contribution in [0.15, 0.2) is 102 Å². The van der Waals surface area contributed by atoms with Gasteiger partial charge in [0, 0.05) is 0 Å². The Kier molecular flexibility index (Phi) is 7.08. The standard InChI is InChI=1S/C29H22N2O6/c32-28(18-34-24-13-8-22(9-14-24)21-4-2-1-3-5-21)31-30-17-20-6-11-25(12-7-20)37-29(33)23-10-15-26-27(16-23)36-19-35-26/h1-17H,18-19H2,(H,31,32)/b30-17+.